The molecule has 2 aliphatic rings. The van der Waals surface area contributed by atoms with Crippen molar-refractivity contribution in [2.24, 2.45) is 5.92 Å². The van der Waals surface area contributed by atoms with E-state index in [1.54, 1.807) is 0 Å². The van der Waals surface area contributed by atoms with Gasteiger partial charge in [-0.25, -0.2) is 4.79 Å². The smallest absolute Gasteiger partial charge is 0.407 e. The third-order valence-corrected chi connectivity index (χ3v) is 6.43. The first-order valence-electron chi connectivity index (χ1n) is 11.2. The van der Waals surface area contributed by atoms with Gasteiger partial charge in [0.25, 0.3) is 0 Å². The number of nitrogens with zero attached hydrogens (tertiary/aromatic N) is 1. The van der Waals surface area contributed by atoms with Crippen molar-refractivity contribution < 1.29 is 29.0 Å². The summed E-state index contributed by atoms with van der Waals surface area (Å²) in [5.74, 6) is -2.44. The number of carboxylic acid groups (broad SMARTS) is 1. The molecule has 178 valence electrons. The summed E-state index contributed by atoms with van der Waals surface area (Å²) in [5.41, 5.74) is 4.27. The molecule has 4 rings (SSSR count). The van der Waals surface area contributed by atoms with Gasteiger partial charge in [-0.15, -0.1) is 0 Å². The van der Waals surface area contributed by atoms with E-state index in [0.717, 1.165) is 22.3 Å². The van der Waals surface area contributed by atoms with Crippen molar-refractivity contribution >= 4 is 23.9 Å². The molecule has 1 aliphatic heterocycles. The van der Waals surface area contributed by atoms with Crippen molar-refractivity contribution in [1.82, 2.24) is 15.5 Å². The van der Waals surface area contributed by atoms with Crippen LogP contribution in [-0.2, 0) is 19.1 Å². The molecule has 1 aliphatic carbocycles. The number of likely N-dealkylation sites (tertiary alicyclic amines) is 1. The summed E-state index contributed by atoms with van der Waals surface area (Å²) in [6, 6.07) is 14.5. The molecule has 3 amide bonds. The number of alkyl carbamates (subject to hydrolysis) is 1. The Labute approximate surface area is 197 Å². The number of fused-ring (bicyclic) bond motifs is 3. The average Bonchev–Trinajstić information content (AvgIpc) is 3.45. The van der Waals surface area contributed by atoms with Crippen LogP contribution in [-0.4, -0.2) is 66.7 Å². The summed E-state index contributed by atoms with van der Waals surface area (Å²) in [6.07, 6.45) is -0.955. The third-order valence-electron chi connectivity index (χ3n) is 6.43. The minimum Gasteiger partial charge on any atom is -0.481 e. The van der Waals surface area contributed by atoms with Crippen molar-refractivity contribution in [1.29, 1.82) is 0 Å². The number of aliphatic carboxylic acids is 1. The van der Waals surface area contributed by atoms with Gasteiger partial charge in [0.1, 0.15) is 12.6 Å². The van der Waals surface area contributed by atoms with Crippen LogP contribution in [0.25, 0.3) is 11.1 Å². The molecular weight excluding hydrogens is 438 g/mol. The molecule has 1 heterocycles. The van der Waals surface area contributed by atoms with Gasteiger partial charge in [0, 0.05) is 26.1 Å². The van der Waals surface area contributed by atoms with E-state index >= 15 is 0 Å². The van der Waals surface area contributed by atoms with Gasteiger partial charge >= 0.3 is 12.1 Å². The molecular formula is C25H27N3O6. The van der Waals surface area contributed by atoms with Gasteiger partial charge in [-0.1, -0.05) is 48.5 Å². The highest BCUT2D eigenvalue weighted by Crippen LogP contribution is 2.44. The first kappa shape index (κ1) is 23.3. The normalized spacial score (nSPS) is 17.4. The molecule has 1 fully saturated rings. The molecule has 2 unspecified atom stereocenters. The van der Waals surface area contributed by atoms with E-state index in [1.165, 1.54) is 11.9 Å². The fourth-order valence-electron chi connectivity index (χ4n) is 4.76. The number of nitrogens with one attached hydrogen (secondary N) is 2. The zero-order valence-electron chi connectivity index (χ0n) is 18.8. The molecule has 0 aromatic heterocycles. The maximum absolute atomic E-state index is 12.9. The Kier molecular flexibility index (Phi) is 6.81. The number of amides is 3. The van der Waals surface area contributed by atoms with E-state index in [9.17, 15) is 24.3 Å². The zero-order valence-corrected chi connectivity index (χ0v) is 18.8. The summed E-state index contributed by atoms with van der Waals surface area (Å²) in [6.45, 7) is 0.552. The van der Waals surface area contributed by atoms with E-state index in [-0.39, 0.29) is 30.9 Å². The Hall–Kier alpha value is -3.88. The van der Waals surface area contributed by atoms with Crippen molar-refractivity contribution in [3.63, 3.8) is 0 Å². The molecule has 2 aromatic rings. The predicted octanol–water partition coefficient (Wildman–Crippen LogP) is 1.96. The molecule has 9 nitrogen and oxygen atoms in total. The van der Waals surface area contributed by atoms with Crippen LogP contribution in [0.3, 0.4) is 0 Å². The van der Waals surface area contributed by atoms with Crippen molar-refractivity contribution in [2.45, 2.75) is 24.8 Å². The number of ether oxygens (including phenoxy) is 1. The maximum atomic E-state index is 12.9. The summed E-state index contributed by atoms with van der Waals surface area (Å²) < 4.78 is 5.46. The van der Waals surface area contributed by atoms with Gasteiger partial charge in [-0.2, -0.15) is 0 Å². The SMILES string of the molecule is CNC(=O)C1CCN(C(=O)C(CC(=O)O)NC(=O)OCC2c3ccccc3-c3ccccc32)C1. The lowest BCUT2D eigenvalue weighted by Crippen LogP contribution is -2.49. The highest BCUT2D eigenvalue weighted by atomic mass is 16.5. The minimum atomic E-state index is -1.28. The maximum Gasteiger partial charge on any atom is 0.407 e. The van der Waals surface area contributed by atoms with Crippen LogP contribution >= 0.6 is 0 Å². The van der Waals surface area contributed by atoms with Crippen LogP contribution < -0.4 is 10.6 Å². The number of carbonyl (C=O) groups is 4. The predicted molar refractivity (Wildman–Crippen MR) is 123 cm³/mol. The molecule has 1 saturated heterocycles. The summed E-state index contributed by atoms with van der Waals surface area (Å²) >= 11 is 0. The number of carbonyl (C=O) groups excluding carboxylic acids is 3. The van der Waals surface area contributed by atoms with Gasteiger partial charge in [0.15, 0.2) is 0 Å². The fraction of sp³-hybridized carbons (Fsp3) is 0.360. The standard InChI is InChI=1S/C25H27N3O6/c1-26-23(31)15-10-11-28(13-15)24(32)21(12-22(29)30)27-25(33)34-14-20-18-8-4-2-6-16(18)17-7-3-5-9-19(17)20/h2-9,15,20-21H,10-14H2,1H3,(H,26,31)(H,27,33)(H,29,30). The van der Waals surface area contributed by atoms with E-state index in [0.29, 0.717) is 13.0 Å². The van der Waals surface area contributed by atoms with Crippen LogP contribution in [0.2, 0.25) is 0 Å². The molecule has 3 N–H and O–H groups in total. The average molecular weight is 466 g/mol. The highest BCUT2D eigenvalue weighted by Gasteiger charge is 2.36. The zero-order chi connectivity index (χ0) is 24.2. The quantitative estimate of drug-likeness (QED) is 0.574. The summed E-state index contributed by atoms with van der Waals surface area (Å²) in [5, 5.41) is 14.2. The van der Waals surface area contributed by atoms with E-state index < -0.39 is 30.4 Å². The molecule has 0 radical (unpaired) electrons. The van der Waals surface area contributed by atoms with E-state index in [1.807, 2.05) is 48.5 Å². The van der Waals surface area contributed by atoms with E-state index in [2.05, 4.69) is 10.6 Å². The monoisotopic (exact) mass is 465 g/mol. The number of hydrogen-bond donors (Lipinski definition) is 3. The van der Waals surface area contributed by atoms with Crippen LogP contribution in [0, 0.1) is 5.92 Å². The Balaban J connectivity index is 1.41. The first-order valence-corrected chi connectivity index (χ1v) is 11.2. The highest BCUT2D eigenvalue weighted by molar-refractivity contribution is 5.90. The second-order valence-electron chi connectivity index (χ2n) is 8.50. The number of carboxylic acids is 1. The Morgan fingerprint density at radius 1 is 1.06 bits per heavy atom. The van der Waals surface area contributed by atoms with Gasteiger partial charge < -0.3 is 25.4 Å². The van der Waals surface area contributed by atoms with Crippen LogP contribution in [0.4, 0.5) is 4.79 Å². The van der Waals surface area contributed by atoms with Gasteiger partial charge in [-0.3, -0.25) is 14.4 Å². The van der Waals surface area contributed by atoms with Crippen molar-refractivity contribution in [3.05, 3.63) is 59.7 Å². The van der Waals surface area contributed by atoms with Crippen LogP contribution in [0.15, 0.2) is 48.5 Å². The summed E-state index contributed by atoms with van der Waals surface area (Å²) in [7, 11) is 1.53. The van der Waals surface area contributed by atoms with Crippen molar-refractivity contribution in [2.75, 3.05) is 26.7 Å². The summed E-state index contributed by atoms with van der Waals surface area (Å²) in [4.78, 5) is 50.1. The molecule has 0 spiro atoms. The Morgan fingerprint density at radius 3 is 2.26 bits per heavy atom. The molecule has 0 saturated carbocycles. The van der Waals surface area contributed by atoms with Gasteiger partial charge in [-0.05, 0) is 28.7 Å². The first-order chi connectivity index (χ1) is 16.4. The number of benzene rings is 2. The Bertz CT molecular complexity index is 1070. The lowest BCUT2D eigenvalue weighted by Gasteiger charge is -2.23. The lowest BCUT2D eigenvalue weighted by molar-refractivity contribution is -0.142. The number of rotatable bonds is 7. The van der Waals surface area contributed by atoms with Crippen molar-refractivity contribution in [3.8, 4) is 11.1 Å². The number of hydrogen-bond acceptors (Lipinski definition) is 5. The second kappa shape index (κ2) is 9.94. The van der Waals surface area contributed by atoms with Crippen LogP contribution in [0.5, 0.6) is 0 Å². The topological polar surface area (TPSA) is 125 Å². The van der Waals surface area contributed by atoms with Crippen LogP contribution in [0.1, 0.15) is 29.9 Å². The van der Waals surface area contributed by atoms with Gasteiger partial charge in [0.2, 0.25) is 11.8 Å². The molecule has 34 heavy (non-hydrogen) atoms. The largest absolute Gasteiger partial charge is 0.481 e. The fourth-order valence-corrected chi connectivity index (χ4v) is 4.76. The minimum absolute atomic E-state index is 0.0519. The Morgan fingerprint density at radius 2 is 1.68 bits per heavy atom. The molecule has 0 bridgehead atoms. The van der Waals surface area contributed by atoms with E-state index in [4.69, 9.17) is 4.74 Å². The molecule has 9 heteroatoms. The molecule has 2 aromatic carbocycles. The third kappa shape index (κ3) is 4.73. The second-order valence-corrected chi connectivity index (χ2v) is 8.50. The van der Waals surface area contributed by atoms with Gasteiger partial charge in [0.05, 0.1) is 12.3 Å². The lowest BCUT2D eigenvalue weighted by atomic mass is 9.98. The molecule has 2 atom stereocenters.